The highest BCUT2D eigenvalue weighted by Gasteiger charge is 2.31. The van der Waals surface area contributed by atoms with E-state index < -0.39 is 17.8 Å². The van der Waals surface area contributed by atoms with Crippen molar-refractivity contribution in [2.24, 2.45) is 5.73 Å². The fraction of sp³-hybridized carbons (Fsp3) is 0.333. The molecule has 0 aromatic heterocycles. The first-order valence-corrected chi connectivity index (χ1v) is 5.88. The molecular formula is C12H13BrF3N. The Kier molecular flexibility index (Phi) is 4.77. The van der Waals surface area contributed by atoms with Crippen LogP contribution in [0.5, 0.6) is 0 Å². The Bertz CT molecular complexity index is 401. The minimum absolute atomic E-state index is 0.426. The molecule has 5 heteroatoms. The Labute approximate surface area is 107 Å². The number of hydrogen-bond acceptors (Lipinski definition) is 1. The maximum absolute atomic E-state index is 12.5. The predicted octanol–water partition coefficient (Wildman–Crippen LogP) is 4.43. The Hall–Kier alpha value is -0.810. The summed E-state index contributed by atoms with van der Waals surface area (Å²) in [5.74, 6) is 0. The fourth-order valence-electron chi connectivity index (χ4n) is 1.46. The molecule has 0 aliphatic carbocycles. The summed E-state index contributed by atoms with van der Waals surface area (Å²) in [5, 5.41) is 0. The zero-order valence-corrected chi connectivity index (χ0v) is 10.7. The summed E-state index contributed by atoms with van der Waals surface area (Å²) in [5.41, 5.74) is 5.65. The Morgan fingerprint density at radius 3 is 2.59 bits per heavy atom. The van der Waals surface area contributed by atoms with E-state index >= 15 is 0 Å². The van der Waals surface area contributed by atoms with Crippen LogP contribution in [0.15, 0.2) is 35.3 Å². The molecule has 0 heterocycles. The highest BCUT2D eigenvalue weighted by molar-refractivity contribution is 9.10. The smallest absolute Gasteiger partial charge is 0.324 e. The van der Waals surface area contributed by atoms with Crippen LogP contribution in [0.3, 0.4) is 0 Å². The molecule has 0 aliphatic rings. The molecule has 1 aromatic rings. The van der Waals surface area contributed by atoms with E-state index in [0.717, 1.165) is 12.1 Å². The van der Waals surface area contributed by atoms with Gasteiger partial charge in [0.15, 0.2) is 0 Å². The first-order valence-electron chi connectivity index (χ1n) is 5.09. The third-order valence-electron chi connectivity index (χ3n) is 2.40. The Balaban J connectivity index is 3.02. The maximum atomic E-state index is 12.5. The van der Waals surface area contributed by atoms with E-state index in [-0.39, 0.29) is 0 Å². The molecule has 2 N–H and O–H groups in total. The van der Waals surface area contributed by atoms with Crippen molar-refractivity contribution in [2.75, 3.05) is 0 Å². The first kappa shape index (κ1) is 14.3. The summed E-state index contributed by atoms with van der Waals surface area (Å²) >= 11 is 3.22. The number of nitrogens with two attached hydrogens (primary N) is 1. The number of rotatable bonds is 4. The van der Waals surface area contributed by atoms with Crippen LogP contribution in [0.4, 0.5) is 13.2 Å². The van der Waals surface area contributed by atoms with Gasteiger partial charge in [-0.3, -0.25) is 0 Å². The predicted molar refractivity (Wildman–Crippen MR) is 65.5 cm³/mol. The van der Waals surface area contributed by atoms with Crippen LogP contribution >= 0.6 is 15.9 Å². The summed E-state index contributed by atoms with van der Waals surface area (Å²) in [4.78, 5) is 0. The fourth-order valence-corrected chi connectivity index (χ4v) is 2.00. The molecule has 1 aromatic carbocycles. The van der Waals surface area contributed by atoms with Crippen molar-refractivity contribution in [1.82, 2.24) is 0 Å². The van der Waals surface area contributed by atoms with E-state index in [1.165, 1.54) is 6.07 Å². The lowest BCUT2D eigenvalue weighted by molar-refractivity contribution is -0.137. The van der Waals surface area contributed by atoms with Gasteiger partial charge < -0.3 is 5.73 Å². The lowest BCUT2D eigenvalue weighted by atomic mass is 10.0. The van der Waals surface area contributed by atoms with Gasteiger partial charge in [0, 0.05) is 10.5 Å². The van der Waals surface area contributed by atoms with Gasteiger partial charge in [0.2, 0.25) is 0 Å². The molecule has 0 saturated heterocycles. The van der Waals surface area contributed by atoms with Crippen molar-refractivity contribution in [3.05, 3.63) is 46.5 Å². The van der Waals surface area contributed by atoms with Crippen molar-refractivity contribution in [1.29, 1.82) is 0 Å². The van der Waals surface area contributed by atoms with Gasteiger partial charge in [0.05, 0.1) is 5.56 Å². The van der Waals surface area contributed by atoms with Crippen LogP contribution < -0.4 is 5.73 Å². The topological polar surface area (TPSA) is 26.0 Å². The lowest BCUT2D eigenvalue weighted by Gasteiger charge is -2.15. The van der Waals surface area contributed by atoms with Gasteiger partial charge in [-0.05, 0) is 36.6 Å². The molecule has 0 amide bonds. The van der Waals surface area contributed by atoms with Crippen LogP contribution in [0.1, 0.15) is 30.0 Å². The molecular weight excluding hydrogens is 295 g/mol. The second-order valence-corrected chi connectivity index (χ2v) is 4.56. The zero-order chi connectivity index (χ0) is 13.1. The van der Waals surface area contributed by atoms with E-state index in [2.05, 4.69) is 22.5 Å². The number of allylic oxidation sites excluding steroid dienone is 1. The summed E-state index contributed by atoms with van der Waals surface area (Å²) in [6.07, 6.45) is -1.40. The molecule has 0 unspecified atom stereocenters. The van der Waals surface area contributed by atoms with Crippen molar-refractivity contribution < 1.29 is 13.2 Å². The Morgan fingerprint density at radius 2 is 2.06 bits per heavy atom. The SMILES string of the molecule is C=CCC[C@@H](N)c1cc(C(F)(F)F)ccc1Br. The van der Waals surface area contributed by atoms with Crippen LogP contribution in [0, 0.1) is 0 Å². The number of halogens is 4. The number of hydrogen-bond donors (Lipinski definition) is 1. The molecule has 1 rings (SSSR count). The third kappa shape index (κ3) is 3.85. The van der Waals surface area contributed by atoms with Crippen molar-refractivity contribution >= 4 is 15.9 Å². The molecule has 17 heavy (non-hydrogen) atoms. The van der Waals surface area contributed by atoms with Crippen LogP contribution in [-0.2, 0) is 6.18 Å². The Morgan fingerprint density at radius 1 is 1.41 bits per heavy atom. The zero-order valence-electron chi connectivity index (χ0n) is 9.10. The molecule has 0 radical (unpaired) electrons. The van der Waals surface area contributed by atoms with Gasteiger partial charge >= 0.3 is 6.18 Å². The normalized spacial score (nSPS) is 13.5. The van der Waals surface area contributed by atoms with Gasteiger partial charge in [0.1, 0.15) is 0 Å². The van der Waals surface area contributed by atoms with E-state index in [4.69, 9.17) is 5.73 Å². The molecule has 1 nitrogen and oxygen atoms in total. The van der Waals surface area contributed by atoms with Crippen LogP contribution in [-0.4, -0.2) is 0 Å². The van der Waals surface area contributed by atoms with Gasteiger partial charge in [-0.1, -0.05) is 22.0 Å². The largest absolute Gasteiger partial charge is 0.416 e. The highest BCUT2D eigenvalue weighted by Crippen LogP contribution is 2.34. The van der Waals surface area contributed by atoms with Crippen LogP contribution in [0.25, 0.3) is 0 Å². The highest BCUT2D eigenvalue weighted by atomic mass is 79.9. The van der Waals surface area contributed by atoms with Gasteiger partial charge in [0.25, 0.3) is 0 Å². The minimum Gasteiger partial charge on any atom is -0.324 e. The van der Waals surface area contributed by atoms with E-state index in [1.807, 2.05) is 0 Å². The average molecular weight is 308 g/mol. The van der Waals surface area contributed by atoms with Crippen molar-refractivity contribution in [3.63, 3.8) is 0 Å². The summed E-state index contributed by atoms with van der Waals surface area (Å²) in [6.45, 7) is 3.56. The average Bonchev–Trinajstić information content (AvgIpc) is 2.24. The standard InChI is InChI=1S/C12H13BrF3N/c1-2-3-4-11(17)9-7-8(12(14,15)16)5-6-10(9)13/h2,5-7,11H,1,3-4,17H2/t11-/m1/s1. The van der Waals surface area contributed by atoms with Crippen molar-refractivity contribution in [3.8, 4) is 0 Å². The first-order chi connectivity index (χ1) is 7.86. The maximum Gasteiger partial charge on any atom is 0.416 e. The lowest BCUT2D eigenvalue weighted by Crippen LogP contribution is -2.13. The molecule has 0 fully saturated rings. The van der Waals surface area contributed by atoms with E-state index in [9.17, 15) is 13.2 Å². The summed E-state index contributed by atoms with van der Waals surface area (Å²) in [6, 6.07) is 3.09. The second kappa shape index (κ2) is 5.69. The third-order valence-corrected chi connectivity index (χ3v) is 3.13. The number of benzene rings is 1. The van der Waals surface area contributed by atoms with Crippen LogP contribution in [0.2, 0.25) is 0 Å². The molecule has 0 spiro atoms. The second-order valence-electron chi connectivity index (χ2n) is 3.71. The molecule has 0 saturated carbocycles. The van der Waals surface area contributed by atoms with Gasteiger partial charge in [-0.15, -0.1) is 6.58 Å². The van der Waals surface area contributed by atoms with E-state index in [0.29, 0.717) is 22.9 Å². The quantitative estimate of drug-likeness (QED) is 0.818. The van der Waals surface area contributed by atoms with E-state index in [1.54, 1.807) is 6.08 Å². The van der Waals surface area contributed by atoms with Gasteiger partial charge in [-0.2, -0.15) is 13.2 Å². The minimum atomic E-state index is -4.34. The summed E-state index contributed by atoms with van der Waals surface area (Å²) < 4.78 is 38.2. The summed E-state index contributed by atoms with van der Waals surface area (Å²) in [7, 11) is 0. The van der Waals surface area contributed by atoms with Crippen molar-refractivity contribution in [2.45, 2.75) is 25.1 Å². The molecule has 1 atom stereocenters. The monoisotopic (exact) mass is 307 g/mol. The number of alkyl halides is 3. The van der Waals surface area contributed by atoms with Gasteiger partial charge in [-0.25, -0.2) is 0 Å². The molecule has 0 bridgehead atoms. The molecule has 0 aliphatic heterocycles. The molecule has 94 valence electrons.